The van der Waals surface area contributed by atoms with Gasteiger partial charge in [0.05, 0.1) is 5.92 Å². The number of allylic oxidation sites excluding steroid dienone is 2. The van der Waals surface area contributed by atoms with Crippen LogP contribution in [0.5, 0.6) is 5.75 Å². The van der Waals surface area contributed by atoms with E-state index in [4.69, 9.17) is 4.74 Å². The molecule has 0 aromatic heterocycles. The summed E-state index contributed by atoms with van der Waals surface area (Å²) in [5, 5.41) is 0. The van der Waals surface area contributed by atoms with Gasteiger partial charge in [0, 0.05) is 6.07 Å². The Kier molecular flexibility index (Phi) is 7.40. The van der Waals surface area contributed by atoms with Crippen LogP contribution in [0.25, 0.3) is 0 Å². The number of halogens is 5. The fourth-order valence-electron chi connectivity index (χ4n) is 5.17. The smallest absolute Gasteiger partial charge is 0.400 e. The van der Waals surface area contributed by atoms with Crippen molar-refractivity contribution in [2.45, 2.75) is 63.4 Å². The number of alkyl halides is 2. The Morgan fingerprint density at radius 2 is 1.30 bits per heavy atom. The van der Waals surface area contributed by atoms with Gasteiger partial charge >= 0.3 is 6.11 Å². The molecular weight excluding hydrogens is 435 g/mol. The van der Waals surface area contributed by atoms with Crippen molar-refractivity contribution < 1.29 is 26.7 Å². The Morgan fingerprint density at radius 3 is 1.91 bits per heavy atom. The van der Waals surface area contributed by atoms with Crippen LogP contribution in [-0.4, -0.2) is 6.11 Å². The van der Waals surface area contributed by atoms with Crippen molar-refractivity contribution in [3.63, 3.8) is 0 Å². The van der Waals surface area contributed by atoms with Gasteiger partial charge in [-0.2, -0.15) is 8.78 Å². The third kappa shape index (κ3) is 5.96. The largest absolute Gasteiger partial charge is 0.432 e. The van der Waals surface area contributed by atoms with E-state index >= 15 is 0 Å². The first kappa shape index (κ1) is 23.8. The lowest BCUT2D eigenvalue weighted by Crippen LogP contribution is -2.37. The number of hydrogen-bond donors (Lipinski definition) is 0. The first-order valence-corrected chi connectivity index (χ1v) is 11.8. The standard InChI is InChI=1S/C27H29F5O/c28-24-4-2-1-3-23(24)20-11-7-18(8-12-20)5-6-19-9-13-21(14-10-19)27(31,32)33-22-15-16-25(29)26(30)17-22/h1-6,15-21H,7-14H2/b6-5+. The molecule has 0 unspecified atom stereocenters. The second-order valence-electron chi connectivity index (χ2n) is 9.37. The second kappa shape index (κ2) is 10.3. The average molecular weight is 465 g/mol. The van der Waals surface area contributed by atoms with Gasteiger partial charge in [0.2, 0.25) is 0 Å². The molecule has 0 amide bonds. The molecule has 2 fully saturated rings. The summed E-state index contributed by atoms with van der Waals surface area (Å²) in [5.74, 6) is -2.78. The van der Waals surface area contributed by atoms with Gasteiger partial charge in [-0.05, 0) is 92.9 Å². The number of rotatable bonds is 6. The maximum absolute atomic E-state index is 14.6. The Bertz CT molecular complexity index is 957. The Morgan fingerprint density at radius 1 is 0.697 bits per heavy atom. The SMILES string of the molecule is Fc1ccc(OC(F)(F)C2CCC(/C=C/C3CCC(c4ccccc4F)CC3)CC2)cc1F. The zero-order chi connectivity index (χ0) is 23.4. The summed E-state index contributed by atoms with van der Waals surface area (Å²) in [6.07, 6.45) is 6.78. The highest BCUT2D eigenvalue weighted by Gasteiger charge is 2.43. The van der Waals surface area contributed by atoms with Crippen LogP contribution >= 0.6 is 0 Å². The van der Waals surface area contributed by atoms with Crippen LogP contribution in [0.3, 0.4) is 0 Å². The summed E-state index contributed by atoms with van der Waals surface area (Å²) in [5.41, 5.74) is 0.810. The highest BCUT2D eigenvalue weighted by molar-refractivity contribution is 5.24. The van der Waals surface area contributed by atoms with Crippen molar-refractivity contribution in [3.8, 4) is 5.75 Å². The highest BCUT2D eigenvalue weighted by atomic mass is 19.3. The van der Waals surface area contributed by atoms with Crippen LogP contribution in [0, 0.1) is 35.2 Å². The Labute approximate surface area is 191 Å². The molecule has 0 bridgehead atoms. The van der Waals surface area contributed by atoms with Crippen LogP contribution in [0.2, 0.25) is 0 Å². The lowest BCUT2D eigenvalue weighted by molar-refractivity contribution is -0.223. The monoisotopic (exact) mass is 464 g/mol. The van der Waals surface area contributed by atoms with Crippen molar-refractivity contribution in [1.82, 2.24) is 0 Å². The van der Waals surface area contributed by atoms with Crippen LogP contribution in [0.15, 0.2) is 54.6 Å². The van der Waals surface area contributed by atoms with Crippen molar-refractivity contribution >= 4 is 0 Å². The molecule has 178 valence electrons. The molecule has 0 heterocycles. The molecule has 1 nitrogen and oxygen atoms in total. The molecule has 2 aromatic carbocycles. The van der Waals surface area contributed by atoms with Gasteiger partial charge in [-0.3, -0.25) is 0 Å². The van der Waals surface area contributed by atoms with Crippen LogP contribution in [0.1, 0.15) is 62.8 Å². The van der Waals surface area contributed by atoms with Gasteiger partial charge < -0.3 is 4.74 Å². The fourth-order valence-corrected chi connectivity index (χ4v) is 5.17. The quantitative estimate of drug-likeness (QED) is 0.308. The molecule has 2 aromatic rings. The molecular formula is C27H29F5O. The second-order valence-corrected chi connectivity index (χ2v) is 9.37. The van der Waals surface area contributed by atoms with Crippen LogP contribution in [0.4, 0.5) is 22.0 Å². The van der Waals surface area contributed by atoms with E-state index in [9.17, 15) is 22.0 Å². The minimum atomic E-state index is -3.43. The third-order valence-electron chi connectivity index (χ3n) is 7.16. The molecule has 0 saturated heterocycles. The summed E-state index contributed by atoms with van der Waals surface area (Å²) >= 11 is 0. The molecule has 33 heavy (non-hydrogen) atoms. The van der Waals surface area contributed by atoms with Gasteiger partial charge in [0.25, 0.3) is 0 Å². The molecule has 0 atom stereocenters. The summed E-state index contributed by atoms with van der Waals surface area (Å²) in [6, 6.07) is 9.44. The van der Waals surface area contributed by atoms with Gasteiger partial charge in [0.15, 0.2) is 11.6 Å². The molecule has 6 heteroatoms. The lowest BCUT2D eigenvalue weighted by Gasteiger charge is -2.32. The van der Waals surface area contributed by atoms with Gasteiger partial charge in [-0.25, -0.2) is 13.2 Å². The average Bonchev–Trinajstić information content (AvgIpc) is 2.81. The number of hydrogen-bond acceptors (Lipinski definition) is 1. The minimum absolute atomic E-state index is 0.126. The van der Waals surface area contributed by atoms with E-state index in [1.54, 1.807) is 6.07 Å². The summed E-state index contributed by atoms with van der Waals surface area (Å²) in [6.45, 7) is 0. The van der Waals surface area contributed by atoms with Crippen molar-refractivity contribution in [2.24, 2.45) is 17.8 Å². The maximum Gasteiger partial charge on any atom is 0.400 e. The van der Waals surface area contributed by atoms with Crippen molar-refractivity contribution in [3.05, 3.63) is 77.6 Å². The van der Waals surface area contributed by atoms with E-state index in [-0.39, 0.29) is 23.4 Å². The van der Waals surface area contributed by atoms with Crippen LogP contribution in [-0.2, 0) is 0 Å². The summed E-state index contributed by atoms with van der Waals surface area (Å²) < 4.78 is 74.2. The van der Waals surface area contributed by atoms with Gasteiger partial charge in [-0.15, -0.1) is 0 Å². The molecule has 2 aliphatic rings. The zero-order valence-corrected chi connectivity index (χ0v) is 18.5. The van der Waals surface area contributed by atoms with Crippen molar-refractivity contribution in [1.29, 1.82) is 0 Å². The predicted octanol–water partition coefficient (Wildman–Crippen LogP) is 8.41. The van der Waals surface area contributed by atoms with Crippen molar-refractivity contribution in [2.75, 3.05) is 0 Å². The zero-order valence-electron chi connectivity index (χ0n) is 18.5. The predicted molar refractivity (Wildman–Crippen MR) is 118 cm³/mol. The topological polar surface area (TPSA) is 9.23 Å². The third-order valence-corrected chi connectivity index (χ3v) is 7.16. The molecule has 0 aliphatic heterocycles. The minimum Gasteiger partial charge on any atom is -0.432 e. The van der Waals surface area contributed by atoms with Gasteiger partial charge in [-0.1, -0.05) is 30.4 Å². The van der Waals surface area contributed by atoms with E-state index in [1.807, 2.05) is 12.1 Å². The van der Waals surface area contributed by atoms with E-state index in [1.165, 1.54) is 6.07 Å². The normalized spacial score (nSPS) is 26.5. The molecule has 2 aliphatic carbocycles. The number of ether oxygens (including phenoxy) is 1. The number of benzene rings is 2. The fraction of sp³-hybridized carbons (Fsp3) is 0.481. The first-order valence-electron chi connectivity index (χ1n) is 11.8. The molecule has 4 rings (SSSR count). The van der Waals surface area contributed by atoms with Crippen LogP contribution < -0.4 is 4.74 Å². The Balaban J connectivity index is 1.24. The molecule has 0 spiro atoms. The van der Waals surface area contributed by atoms with E-state index in [0.717, 1.165) is 43.4 Å². The summed E-state index contributed by atoms with van der Waals surface area (Å²) in [4.78, 5) is 0. The first-order chi connectivity index (χ1) is 15.8. The molecule has 0 N–H and O–H groups in total. The summed E-state index contributed by atoms with van der Waals surface area (Å²) in [7, 11) is 0. The van der Waals surface area contributed by atoms with Gasteiger partial charge in [0.1, 0.15) is 11.6 Å². The molecule has 0 radical (unpaired) electrons. The van der Waals surface area contributed by atoms with E-state index in [2.05, 4.69) is 12.2 Å². The van der Waals surface area contributed by atoms with E-state index < -0.39 is 23.7 Å². The lowest BCUT2D eigenvalue weighted by atomic mass is 9.77. The molecule has 2 saturated carbocycles. The highest BCUT2D eigenvalue weighted by Crippen LogP contribution is 2.41. The maximum atomic E-state index is 14.6. The van der Waals surface area contributed by atoms with E-state index in [0.29, 0.717) is 37.7 Å². The Hall–Kier alpha value is -2.37.